The molecule has 3 aromatic heterocycles. The van der Waals surface area contributed by atoms with Crippen LogP contribution in [-0.4, -0.2) is 19.9 Å². The third-order valence-corrected chi connectivity index (χ3v) is 8.80. The molecular weight excluding hydrogens is 545 g/mol. The topological polar surface area (TPSA) is 51.6 Å². The van der Waals surface area contributed by atoms with Crippen LogP contribution in [0.2, 0.25) is 0 Å². The summed E-state index contributed by atoms with van der Waals surface area (Å²) >= 11 is 1.80. The lowest BCUT2D eigenvalue weighted by atomic mass is 10.00. The molecule has 0 amide bonds. The molecule has 0 saturated carbocycles. The van der Waals surface area contributed by atoms with Gasteiger partial charge < -0.3 is 0 Å². The number of hydrogen-bond acceptors (Lipinski definition) is 5. The van der Waals surface area contributed by atoms with Crippen molar-refractivity contribution in [2.24, 2.45) is 0 Å². The Hall–Kier alpha value is -5.52. The quantitative estimate of drug-likeness (QED) is 0.207. The van der Waals surface area contributed by atoms with Crippen LogP contribution in [0.4, 0.5) is 0 Å². The summed E-state index contributed by atoms with van der Waals surface area (Å²) in [7, 11) is 0. The van der Waals surface area contributed by atoms with Gasteiger partial charge in [0.05, 0.1) is 10.4 Å². The molecule has 0 saturated heterocycles. The number of rotatable bonds is 5. The molecule has 0 aliphatic rings. The summed E-state index contributed by atoms with van der Waals surface area (Å²) in [6.07, 6.45) is 1.91. The highest BCUT2D eigenvalue weighted by molar-refractivity contribution is 7.26. The van der Waals surface area contributed by atoms with Crippen molar-refractivity contribution in [2.45, 2.75) is 0 Å². The standard InChI is InChI=1S/C38H24N4S/c1-3-10-27(11-4-1)36-40-37(28-12-5-2-6-13-28)42-38(41-36)30-15-9-14-29(24-30)25-18-20-26(21-19-25)34-35-32(22-23-39-34)31-16-7-8-17-33(31)43-35/h1-24H. The van der Waals surface area contributed by atoms with Crippen LogP contribution in [-0.2, 0) is 0 Å². The summed E-state index contributed by atoms with van der Waals surface area (Å²) in [6.45, 7) is 0. The highest BCUT2D eigenvalue weighted by Crippen LogP contribution is 2.39. The largest absolute Gasteiger partial charge is 0.255 e. The number of pyridine rings is 1. The Balaban J connectivity index is 1.18. The van der Waals surface area contributed by atoms with E-state index in [9.17, 15) is 0 Å². The van der Waals surface area contributed by atoms with Crippen molar-refractivity contribution < 1.29 is 0 Å². The van der Waals surface area contributed by atoms with Gasteiger partial charge >= 0.3 is 0 Å². The second kappa shape index (κ2) is 10.7. The van der Waals surface area contributed by atoms with Crippen LogP contribution in [0.15, 0.2) is 146 Å². The van der Waals surface area contributed by atoms with Crippen LogP contribution in [0.25, 0.3) is 76.7 Å². The monoisotopic (exact) mass is 568 g/mol. The first kappa shape index (κ1) is 25.2. The van der Waals surface area contributed by atoms with Gasteiger partial charge in [0.1, 0.15) is 0 Å². The Labute approximate surface area is 253 Å². The van der Waals surface area contributed by atoms with Gasteiger partial charge in [-0.25, -0.2) is 15.0 Å². The third kappa shape index (κ3) is 4.76. The molecule has 0 aliphatic carbocycles. The van der Waals surface area contributed by atoms with Gasteiger partial charge in [-0.1, -0.05) is 121 Å². The minimum atomic E-state index is 0.645. The molecular formula is C38H24N4S. The Morgan fingerprint density at radius 2 is 0.953 bits per heavy atom. The summed E-state index contributed by atoms with van der Waals surface area (Å²) in [5, 5.41) is 2.54. The van der Waals surface area contributed by atoms with Gasteiger partial charge in [0.2, 0.25) is 0 Å². The van der Waals surface area contributed by atoms with E-state index in [4.69, 9.17) is 19.9 Å². The number of benzene rings is 5. The van der Waals surface area contributed by atoms with Crippen LogP contribution >= 0.6 is 11.3 Å². The SMILES string of the molecule is c1ccc(-c2nc(-c3ccccc3)nc(-c3cccc(-c4ccc(-c5nccc6c5sc5ccccc56)cc4)c3)n2)cc1. The molecule has 4 nitrogen and oxygen atoms in total. The van der Waals surface area contributed by atoms with Gasteiger partial charge in [-0.05, 0) is 29.3 Å². The summed E-state index contributed by atoms with van der Waals surface area (Å²) in [6, 6.07) is 47.8. The van der Waals surface area contributed by atoms with E-state index in [1.807, 2.05) is 66.9 Å². The number of aromatic nitrogens is 4. The normalized spacial score (nSPS) is 11.3. The van der Waals surface area contributed by atoms with Crippen LogP contribution in [0, 0.1) is 0 Å². The molecule has 0 N–H and O–H groups in total. The fraction of sp³-hybridized carbons (Fsp3) is 0. The van der Waals surface area contributed by atoms with Crippen molar-refractivity contribution in [2.75, 3.05) is 0 Å². The van der Waals surface area contributed by atoms with Gasteiger partial charge in [0.15, 0.2) is 17.5 Å². The maximum atomic E-state index is 4.91. The first-order valence-corrected chi connectivity index (χ1v) is 15.0. The zero-order valence-electron chi connectivity index (χ0n) is 23.1. The van der Waals surface area contributed by atoms with E-state index < -0.39 is 0 Å². The average molecular weight is 569 g/mol. The lowest BCUT2D eigenvalue weighted by Crippen LogP contribution is -2.00. The van der Waals surface area contributed by atoms with Crippen LogP contribution in [0.1, 0.15) is 0 Å². The fourth-order valence-electron chi connectivity index (χ4n) is 5.45. The molecule has 3 heterocycles. The zero-order chi connectivity index (χ0) is 28.6. The smallest absolute Gasteiger partial charge is 0.164 e. The van der Waals surface area contributed by atoms with Crippen molar-refractivity contribution in [1.29, 1.82) is 0 Å². The van der Waals surface area contributed by atoms with E-state index in [1.54, 1.807) is 11.3 Å². The molecule has 0 radical (unpaired) electrons. The number of thiophene rings is 1. The molecule has 8 aromatic rings. The van der Waals surface area contributed by atoms with E-state index in [1.165, 1.54) is 20.2 Å². The van der Waals surface area contributed by atoms with Gasteiger partial charge in [0.25, 0.3) is 0 Å². The maximum Gasteiger partial charge on any atom is 0.164 e. The van der Waals surface area contributed by atoms with E-state index in [0.717, 1.165) is 39.1 Å². The average Bonchev–Trinajstić information content (AvgIpc) is 3.48. The molecule has 43 heavy (non-hydrogen) atoms. The van der Waals surface area contributed by atoms with Gasteiger partial charge in [0, 0.05) is 43.9 Å². The van der Waals surface area contributed by atoms with Crippen LogP contribution < -0.4 is 0 Å². The highest BCUT2D eigenvalue weighted by atomic mass is 32.1. The number of fused-ring (bicyclic) bond motifs is 3. The van der Waals surface area contributed by atoms with Gasteiger partial charge in [-0.15, -0.1) is 11.3 Å². The van der Waals surface area contributed by atoms with E-state index in [-0.39, 0.29) is 0 Å². The van der Waals surface area contributed by atoms with Crippen molar-refractivity contribution in [3.63, 3.8) is 0 Å². The molecule has 8 rings (SSSR count). The van der Waals surface area contributed by atoms with Crippen LogP contribution in [0.3, 0.4) is 0 Å². The van der Waals surface area contributed by atoms with Crippen molar-refractivity contribution in [3.05, 3.63) is 146 Å². The summed E-state index contributed by atoms with van der Waals surface area (Å²) in [4.78, 5) is 19.4. The van der Waals surface area contributed by atoms with Crippen molar-refractivity contribution >= 4 is 31.5 Å². The lowest BCUT2D eigenvalue weighted by molar-refractivity contribution is 1.07. The van der Waals surface area contributed by atoms with Crippen molar-refractivity contribution in [1.82, 2.24) is 19.9 Å². The Bertz CT molecular complexity index is 2170. The Kier molecular flexibility index (Phi) is 6.28. The first-order valence-electron chi connectivity index (χ1n) is 14.1. The van der Waals surface area contributed by atoms with Crippen molar-refractivity contribution in [3.8, 4) is 56.5 Å². The molecule has 0 atom stereocenters. The minimum Gasteiger partial charge on any atom is -0.255 e. The first-order chi connectivity index (χ1) is 21.3. The predicted octanol–water partition coefficient (Wildman–Crippen LogP) is 9.97. The second-order valence-electron chi connectivity index (χ2n) is 10.3. The summed E-state index contributed by atoms with van der Waals surface area (Å²) in [5.41, 5.74) is 7.19. The van der Waals surface area contributed by atoms with E-state index >= 15 is 0 Å². The molecule has 0 aliphatic heterocycles. The Morgan fingerprint density at radius 3 is 1.65 bits per heavy atom. The fourth-order valence-corrected chi connectivity index (χ4v) is 6.66. The van der Waals surface area contributed by atoms with Gasteiger partial charge in [-0.3, -0.25) is 4.98 Å². The maximum absolute atomic E-state index is 4.91. The Morgan fingerprint density at radius 1 is 0.395 bits per heavy atom. The van der Waals surface area contributed by atoms with E-state index in [2.05, 4.69) is 78.9 Å². The zero-order valence-corrected chi connectivity index (χ0v) is 23.9. The van der Waals surface area contributed by atoms with Gasteiger partial charge in [-0.2, -0.15) is 0 Å². The molecule has 5 aromatic carbocycles. The number of nitrogens with zero attached hydrogens (tertiary/aromatic N) is 4. The third-order valence-electron chi connectivity index (χ3n) is 7.61. The predicted molar refractivity (Wildman–Crippen MR) is 178 cm³/mol. The molecule has 0 fully saturated rings. The summed E-state index contributed by atoms with van der Waals surface area (Å²) < 4.78 is 2.50. The molecule has 0 unspecified atom stereocenters. The highest BCUT2D eigenvalue weighted by Gasteiger charge is 2.14. The summed E-state index contributed by atoms with van der Waals surface area (Å²) in [5.74, 6) is 1.95. The second-order valence-corrected chi connectivity index (χ2v) is 11.4. The number of hydrogen-bond donors (Lipinski definition) is 0. The van der Waals surface area contributed by atoms with E-state index in [0.29, 0.717) is 17.5 Å². The lowest BCUT2D eigenvalue weighted by Gasteiger charge is -2.10. The molecule has 5 heteroatoms. The molecule has 0 bridgehead atoms. The molecule has 0 spiro atoms. The molecule has 202 valence electrons. The minimum absolute atomic E-state index is 0.645. The van der Waals surface area contributed by atoms with Crippen LogP contribution in [0.5, 0.6) is 0 Å².